The minimum atomic E-state index is -3.27. The Kier molecular flexibility index (Phi) is 7.65. The first-order valence-electron chi connectivity index (χ1n) is 9.58. The van der Waals surface area contributed by atoms with Crippen LogP contribution in [-0.2, 0) is 10.0 Å². The SMILES string of the molecule is COc1ccc(-n2nc(OCC(F)F)cc2-c2ccc(OCCNS(C)(=O)=O)cc2)cc1. The van der Waals surface area contributed by atoms with Crippen molar-refractivity contribution in [3.05, 3.63) is 54.6 Å². The smallest absolute Gasteiger partial charge is 0.272 e. The van der Waals surface area contributed by atoms with E-state index < -0.39 is 23.1 Å². The molecule has 0 atom stereocenters. The fourth-order valence-corrected chi connectivity index (χ4v) is 3.28. The molecule has 0 aliphatic carbocycles. The summed E-state index contributed by atoms with van der Waals surface area (Å²) in [5, 5.41) is 4.31. The number of halogens is 2. The molecule has 1 N–H and O–H groups in total. The lowest BCUT2D eigenvalue weighted by Gasteiger charge is -2.10. The first-order valence-corrected chi connectivity index (χ1v) is 11.5. The molecule has 0 amide bonds. The van der Waals surface area contributed by atoms with Crippen molar-refractivity contribution < 1.29 is 31.4 Å². The van der Waals surface area contributed by atoms with Gasteiger partial charge in [-0.3, -0.25) is 0 Å². The first kappa shape index (κ1) is 23.5. The monoisotopic (exact) mass is 467 g/mol. The van der Waals surface area contributed by atoms with Gasteiger partial charge in [0.2, 0.25) is 15.9 Å². The number of aromatic nitrogens is 2. The number of hydrogen-bond donors (Lipinski definition) is 1. The van der Waals surface area contributed by atoms with E-state index in [0.29, 0.717) is 22.9 Å². The summed E-state index contributed by atoms with van der Waals surface area (Å²) in [5.41, 5.74) is 2.08. The highest BCUT2D eigenvalue weighted by Crippen LogP contribution is 2.29. The van der Waals surface area contributed by atoms with Gasteiger partial charge in [-0.15, -0.1) is 5.10 Å². The molecule has 11 heteroatoms. The van der Waals surface area contributed by atoms with Crippen LogP contribution in [0.2, 0.25) is 0 Å². The normalized spacial score (nSPS) is 11.5. The minimum Gasteiger partial charge on any atom is -0.497 e. The van der Waals surface area contributed by atoms with Crippen molar-refractivity contribution in [1.82, 2.24) is 14.5 Å². The molecular formula is C21H23F2N3O5S. The van der Waals surface area contributed by atoms with Gasteiger partial charge in [0, 0.05) is 18.2 Å². The average Bonchev–Trinajstić information content (AvgIpc) is 3.19. The van der Waals surface area contributed by atoms with Crippen molar-refractivity contribution in [3.8, 4) is 34.3 Å². The Balaban J connectivity index is 1.81. The molecule has 1 heterocycles. The molecule has 172 valence electrons. The third-order valence-electron chi connectivity index (χ3n) is 4.25. The Morgan fingerprint density at radius 1 is 1.03 bits per heavy atom. The van der Waals surface area contributed by atoms with E-state index in [4.69, 9.17) is 14.2 Å². The van der Waals surface area contributed by atoms with Gasteiger partial charge < -0.3 is 14.2 Å². The van der Waals surface area contributed by atoms with Crippen LogP contribution in [0, 0.1) is 0 Å². The summed E-state index contributed by atoms with van der Waals surface area (Å²) in [6.45, 7) is -0.440. The lowest BCUT2D eigenvalue weighted by Crippen LogP contribution is -2.26. The highest BCUT2D eigenvalue weighted by atomic mass is 32.2. The number of alkyl halides is 2. The average molecular weight is 467 g/mol. The van der Waals surface area contributed by atoms with E-state index in [1.165, 1.54) is 0 Å². The molecule has 0 unspecified atom stereocenters. The summed E-state index contributed by atoms with van der Waals surface area (Å²) in [6.07, 6.45) is -1.54. The van der Waals surface area contributed by atoms with Gasteiger partial charge in [0.25, 0.3) is 6.43 Å². The summed E-state index contributed by atoms with van der Waals surface area (Å²) < 4.78 is 67.0. The molecule has 2 aromatic carbocycles. The maximum absolute atomic E-state index is 12.6. The third-order valence-corrected chi connectivity index (χ3v) is 4.97. The van der Waals surface area contributed by atoms with Crippen molar-refractivity contribution in [1.29, 1.82) is 0 Å². The van der Waals surface area contributed by atoms with E-state index in [2.05, 4.69) is 9.82 Å². The highest BCUT2D eigenvalue weighted by Gasteiger charge is 2.15. The van der Waals surface area contributed by atoms with Crippen LogP contribution in [0.1, 0.15) is 0 Å². The van der Waals surface area contributed by atoms with Crippen LogP contribution >= 0.6 is 0 Å². The number of nitrogens with zero attached hydrogens (tertiary/aromatic N) is 2. The number of nitrogens with one attached hydrogen (secondary N) is 1. The molecule has 3 aromatic rings. The predicted molar refractivity (Wildman–Crippen MR) is 115 cm³/mol. The van der Waals surface area contributed by atoms with Crippen LogP contribution < -0.4 is 18.9 Å². The Labute approximate surface area is 184 Å². The summed E-state index contributed by atoms with van der Waals surface area (Å²) in [5.74, 6) is 1.29. The Hall–Kier alpha value is -3.18. The molecule has 0 aliphatic rings. The molecule has 0 bridgehead atoms. The van der Waals surface area contributed by atoms with Crippen molar-refractivity contribution in [2.45, 2.75) is 6.43 Å². The van der Waals surface area contributed by atoms with E-state index in [0.717, 1.165) is 11.8 Å². The molecule has 8 nitrogen and oxygen atoms in total. The van der Waals surface area contributed by atoms with Crippen molar-refractivity contribution in [2.24, 2.45) is 0 Å². The maximum atomic E-state index is 12.6. The maximum Gasteiger partial charge on any atom is 0.272 e. The van der Waals surface area contributed by atoms with Gasteiger partial charge in [0.1, 0.15) is 18.1 Å². The Morgan fingerprint density at radius 3 is 2.28 bits per heavy atom. The number of hydrogen-bond acceptors (Lipinski definition) is 6. The molecule has 0 fully saturated rings. The van der Waals surface area contributed by atoms with Crippen molar-refractivity contribution >= 4 is 10.0 Å². The zero-order valence-electron chi connectivity index (χ0n) is 17.5. The third kappa shape index (κ3) is 6.66. The first-order chi connectivity index (χ1) is 15.2. The van der Waals surface area contributed by atoms with Crippen LogP contribution in [-0.4, -0.2) is 57.7 Å². The van der Waals surface area contributed by atoms with Crippen LogP contribution in [0.4, 0.5) is 8.78 Å². The molecular weight excluding hydrogens is 444 g/mol. The predicted octanol–water partition coefficient (Wildman–Crippen LogP) is 3.12. The van der Waals surface area contributed by atoms with E-state index in [1.807, 2.05) is 0 Å². The quantitative estimate of drug-likeness (QED) is 0.436. The molecule has 3 rings (SSSR count). The standard InChI is InChI=1S/C21H23F2N3O5S/c1-29-17-9-5-16(6-10-17)26-19(13-21(25-26)31-14-20(22)23)15-3-7-18(8-4-15)30-12-11-24-32(2,27)28/h3-10,13,20,24H,11-12,14H2,1-2H3. The molecule has 0 radical (unpaired) electrons. The van der Waals surface area contributed by atoms with E-state index >= 15 is 0 Å². The van der Waals surface area contributed by atoms with Crippen molar-refractivity contribution in [2.75, 3.05) is 33.1 Å². The van der Waals surface area contributed by atoms with Gasteiger partial charge in [0.15, 0.2) is 6.61 Å². The second-order valence-electron chi connectivity index (χ2n) is 6.72. The largest absolute Gasteiger partial charge is 0.497 e. The summed E-state index contributed by atoms with van der Waals surface area (Å²) >= 11 is 0. The number of rotatable bonds is 11. The molecule has 0 aliphatic heterocycles. The Morgan fingerprint density at radius 2 is 1.69 bits per heavy atom. The zero-order chi connectivity index (χ0) is 23.1. The van der Waals surface area contributed by atoms with Gasteiger partial charge in [-0.2, -0.15) is 0 Å². The second kappa shape index (κ2) is 10.4. The summed E-state index contributed by atoms with van der Waals surface area (Å²) in [4.78, 5) is 0. The summed E-state index contributed by atoms with van der Waals surface area (Å²) in [6, 6.07) is 15.7. The molecule has 32 heavy (non-hydrogen) atoms. The number of ether oxygens (including phenoxy) is 3. The van der Waals surface area contributed by atoms with E-state index in [9.17, 15) is 17.2 Å². The molecule has 0 saturated heterocycles. The number of sulfonamides is 1. The van der Waals surface area contributed by atoms with Gasteiger partial charge in [0.05, 0.1) is 24.7 Å². The van der Waals surface area contributed by atoms with Crippen LogP contribution in [0.25, 0.3) is 16.9 Å². The fourth-order valence-electron chi connectivity index (χ4n) is 2.82. The van der Waals surface area contributed by atoms with Crippen LogP contribution in [0.5, 0.6) is 17.4 Å². The topological polar surface area (TPSA) is 91.7 Å². The zero-order valence-corrected chi connectivity index (χ0v) is 18.3. The Bertz CT molecular complexity index is 1120. The summed E-state index contributed by atoms with van der Waals surface area (Å²) in [7, 11) is -1.71. The van der Waals surface area contributed by atoms with Crippen LogP contribution in [0.3, 0.4) is 0 Å². The van der Waals surface area contributed by atoms with E-state index in [-0.39, 0.29) is 19.0 Å². The molecule has 0 saturated carbocycles. The van der Waals surface area contributed by atoms with Gasteiger partial charge in [-0.05, 0) is 48.5 Å². The molecule has 0 spiro atoms. The van der Waals surface area contributed by atoms with Gasteiger partial charge in [-0.25, -0.2) is 26.6 Å². The van der Waals surface area contributed by atoms with E-state index in [1.54, 1.807) is 66.4 Å². The fraction of sp³-hybridized carbons (Fsp3) is 0.286. The molecule has 1 aromatic heterocycles. The van der Waals surface area contributed by atoms with Crippen molar-refractivity contribution in [3.63, 3.8) is 0 Å². The van der Waals surface area contributed by atoms with Gasteiger partial charge >= 0.3 is 0 Å². The lowest BCUT2D eigenvalue weighted by atomic mass is 10.1. The lowest BCUT2D eigenvalue weighted by molar-refractivity contribution is 0.0794. The van der Waals surface area contributed by atoms with Gasteiger partial charge in [-0.1, -0.05) is 0 Å². The number of benzene rings is 2. The second-order valence-corrected chi connectivity index (χ2v) is 8.55. The minimum absolute atomic E-state index is 0.0725. The van der Waals surface area contributed by atoms with Crippen LogP contribution in [0.15, 0.2) is 54.6 Å². The number of methoxy groups -OCH3 is 1. The highest BCUT2D eigenvalue weighted by molar-refractivity contribution is 7.88.